The van der Waals surface area contributed by atoms with Crippen LogP contribution in [0.3, 0.4) is 0 Å². The first-order valence-electron chi connectivity index (χ1n) is 7.08. The van der Waals surface area contributed by atoms with E-state index in [1.165, 1.54) is 6.42 Å². The Balaban J connectivity index is 2.50. The number of hydrogen-bond acceptors (Lipinski definition) is 3. The second-order valence-electron chi connectivity index (χ2n) is 6.07. The lowest BCUT2D eigenvalue weighted by atomic mass is 9.98. The lowest BCUT2D eigenvalue weighted by Gasteiger charge is -2.36. The summed E-state index contributed by atoms with van der Waals surface area (Å²) in [5.74, 6) is 0. The van der Waals surface area contributed by atoms with Gasteiger partial charge in [-0.1, -0.05) is 0 Å². The number of piperidine rings is 1. The number of carbonyl (C=O) groups excluding carboxylic acids is 1. The van der Waals surface area contributed by atoms with Gasteiger partial charge >= 0.3 is 6.09 Å². The first-order valence-corrected chi connectivity index (χ1v) is 7.08. The van der Waals surface area contributed by atoms with E-state index in [0.717, 1.165) is 38.8 Å². The molecule has 1 N–H and O–H groups in total. The number of nitrogens with zero attached hydrogens (tertiary/aromatic N) is 1. The SMILES string of the molecule is CNCCC[C@H]1CCCCN1C(=O)OC(C)(C)C. The highest BCUT2D eigenvalue weighted by Crippen LogP contribution is 2.23. The lowest BCUT2D eigenvalue weighted by Crippen LogP contribution is -2.46. The van der Waals surface area contributed by atoms with Gasteiger partial charge in [-0.05, 0) is 66.5 Å². The van der Waals surface area contributed by atoms with Crippen molar-refractivity contribution in [3.05, 3.63) is 0 Å². The highest BCUT2D eigenvalue weighted by Gasteiger charge is 2.29. The van der Waals surface area contributed by atoms with Crippen molar-refractivity contribution in [2.75, 3.05) is 20.1 Å². The number of amides is 1. The molecule has 0 aromatic heterocycles. The van der Waals surface area contributed by atoms with E-state index in [2.05, 4.69) is 5.32 Å². The van der Waals surface area contributed by atoms with E-state index in [4.69, 9.17) is 4.74 Å². The molecule has 4 heteroatoms. The van der Waals surface area contributed by atoms with Gasteiger partial charge in [-0.2, -0.15) is 0 Å². The fourth-order valence-corrected chi connectivity index (χ4v) is 2.38. The molecule has 0 saturated carbocycles. The van der Waals surface area contributed by atoms with Crippen LogP contribution in [0.5, 0.6) is 0 Å². The fraction of sp³-hybridized carbons (Fsp3) is 0.929. The van der Waals surface area contributed by atoms with Crippen molar-refractivity contribution in [2.45, 2.75) is 64.5 Å². The highest BCUT2D eigenvalue weighted by molar-refractivity contribution is 5.68. The zero-order valence-corrected chi connectivity index (χ0v) is 12.3. The highest BCUT2D eigenvalue weighted by atomic mass is 16.6. The van der Waals surface area contributed by atoms with Gasteiger partial charge in [0, 0.05) is 12.6 Å². The van der Waals surface area contributed by atoms with Crippen LogP contribution < -0.4 is 5.32 Å². The molecule has 1 atom stereocenters. The van der Waals surface area contributed by atoms with Crippen LogP contribution in [-0.2, 0) is 4.74 Å². The van der Waals surface area contributed by atoms with Crippen LogP contribution in [0.15, 0.2) is 0 Å². The van der Waals surface area contributed by atoms with Gasteiger partial charge in [0.15, 0.2) is 0 Å². The molecule has 1 heterocycles. The van der Waals surface area contributed by atoms with E-state index >= 15 is 0 Å². The number of carbonyl (C=O) groups is 1. The van der Waals surface area contributed by atoms with Crippen LogP contribution in [0.1, 0.15) is 52.9 Å². The molecule has 0 radical (unpaired) electrons. The molecule has 1 rings (SSSR count). The summed E-state index contributed by atoms with van der Waals surface area (Å²) < 4.78 is 5.49. The van der Waals surface area contributed by atoms with Crippen molar-refractivity contribution in [3.8, 4) is 0 Å². The van der Waals surface area contributed by atoms with Gasteiger partial charge in [0.2, 0.25) is 0 Å². The summed E-state index contributed by atoms with van der Waals surface area (Å²) in [6.45, 7) is 7.62. The number of likely N-dealkylation sites (tertiary alicyclic amines) is 1. The maximum absolute atomic E-state index is 12.1. The minimum Gasteiger partial charge on any atom is -0.444 e. The maximum Gasteiger partial charge on any atom is 0.410 e. The molecule has 106 valence electrons. The number of nitrogens with one attached hydrogen (secondary N) is 1. The summed E-state index contributed by atoms with van der Waals surface area (Å²) in [5, 5.41) is 3.15. The molecule has 0 aromatic carbocycles. The summed E-state index contributed by atoms with van der Waals surface area (Å²) in [5.41, 5.74) is -0.399. The van der Waals surface area contributed by atoms with Crippen molar-refractivity contribution in [1.82, 2.24) is 10.2 Å². The largest absolute Gasteiger partial charge is 0.444 e. The fourth-order valence-electron chi connectivity index (χ4n) is 2.38. The van der Waals surface area contributed by atoms with Crippen molar-refractivity contribution >= 4 is 6.09 Å². The molecular formula is C14H28N2O2. The second kappa shape index (κ2) is 6.98. The van der Waals surface area contributed by atoms with Gasteiger partial charge in [0.05, 0.1) is 0 Å². The normalized spacial score (nSPS) is 20.9. The third-order valence-electron chi connectivity index (χ3n) is 3.22. The third kappa shape index (κ3) is 5.25. The Labute approximate surface area is 111 Å². The third-order valence-corrected chi connectivity index (χ3v) is 3.22. The number of ether oxygens (including phenoxy) is 1. The molecule has 4 nitrogen and oxygen atoms in total. The average Bonchev–Trinajstić information content (AvgIpc) is 2.27. The molecule has 1 fully saturated rings. The molecule has 1 aliphatic rings. The molecule has 1 saturated heterocycles. The molecule has 0 aliphatic carbocycles. The second-order valence-corrected chi connectivity index (χ2v) is 6.07. The Morgan fingerprint density at radius 3 is 2.72 bits per heavy atom. The van der Waals surface area contributed by atoms with Crippen molar-refractivity contribution in [1.29, 1.82) is 0 Å². The van der Waals surface area contributed by atoms with Crippen molar-refractivity contribution in [3.63, 3.8) is 0 Å². The standard InChI is InChI=1S/C14H28N2O2/c1-14(2,3)18-13(17)16-11-6-5-8-12(16)9-7-10-15-4/h12,15H,5-11H2,1-4H3/t12-/m1/s1. The first kappa shape index (κ1) is 15.3. The Hall–Kier alpha value is -0.770. The number of rotatable bonds is 4. The smallest absolute Gasteiger partial charge is 0.410 e. The average molecular weight is 256 g/mol. The zero-order valence-electron chi connectivity index (χ0n) is 12.3. The topological polar surface area (TPSA) is 41.6 Å². The van der Waals surface area contributed by atoms with Gasteiger partial charge in [0.1, 0.15) is 5.60 Å². The molecule has 0 unspecified atom stereocenters. The zero-order chi connectivity index (χ0) is 13.6. The van der Waals surface area contributed by atoms with Crippen LogP contribution in [-0.4, -0.2) is 42.8 Å². The summed E-state index contributed by atoms with van der Waals surface area (Å²) in [7, 11) is 1.96. The predicted molar refractivity (Wildman–Crippen MR) is 73.7 cm³/mol. The quantitative estimate of drug-likeness (QED) is 0.786. The van der Waals surface area contributed by atoms with E-state index in [9.17, 15) is 4.79 Å². The Bertz CT molecular complexity index is 261. The minimum absolute atomic E-state index is 0.142. The summed E-state index contributed by atoms with van der Waals surface area (Å²) in [6, 6.07) is 0.363. The molecule has 18 heavy (non-hydrogen) atoms. The van der Waals surface area contributed by atoms with Crippen LogP contribution >= 0.6 is 0 Å². The van der Waals surface area contributed by atoms with E-state index < -0.39 is 5.60 Å². The predicted octanol–water partition coefficient (Wildman–Crippen LogP) is 2.78. The maximum atomic E-state index is 12.1. The van der Waals surface area contributed by atoms with Gasteiger partial charge in [0.25, 0.3) is 0 Å². The Morgan fingerprint density at radius 1 is 1.39 bits per heavy atom. The van der Waals surface area contributed by atoms with E-state index in [1.807, 2.05) is 32.7 Å². The Morgan fingerprint density at radius 2 is 2.11 bits per heavy atom. The molecule has 1 aliphatic heterocycles. The summed E-state index contributed by atoms with van der Waals surface area (Å²) in [4.78, 5) is 14.1. The van der Waals surface area contributed by atoms with Crippen LogP contribution in [0.4, 0.5) is 4.79 Å². The molecule has 1 amide bonds. The Kier molecular flexibility index (Phi) is 5.93. The molecule has 0 aromatic rings. The summed E-state index contributed by atoms with van der Waals surface area (Å²) in [6.07, 6.45) is 5.48. The van der Waals surface area contributed by atoms with Crippen molar-refractivity contribution < 1.29 is 9.53 Å². The van der Waals surface area contributed by atoms with Crippen LogP contribution in [0.25, 0.3) is 0 Å². The van der Waals surface area contributed by atoms with Gasteiger partial charge in [-0.25, -0.2) is 4.79 Å². The van der Waals surface area contributed by atoms with Crippen LogP contribution in [0.2, 0.25) is 0 Å². The molecule has 0 bridgehead atoms. The van der Waals surface area contributed by atoms with Crippen LogP contribution in [0, 0.1) is 0 Å². The molecular weight excluding hydrogens is 228 g/mol. The first-order chi connectivity index (χ1) is 8.44. The number of hydrogen-bond donors (Lipinski definition) is 1. The monoisotopic (exact) mass is 256 g/mol. The molecule has 0 spiro atoms. The van der Waals surface area contributed by atoms with Gasteiger partial charge < -0.3 is 15.0 Å². The van der Waals surface area contributed by atoms with Gasteiger partial charge in [-0.3, -0.25) is 0 Å². The minimum atomic E-state index is -0.399. The van der Waals surface area contributed by atoms with Crippen molar-refractivity contribution in [2.24, 2.45) is 0 Å². The van der Waals surface area contributed by atoms with E-state index in [-0.39, 0.29) is 6.09 Å². The lowest BCUT2D eigenvalue weighted by molar-refractivity contribution is 0.00868. The van der Waals surface area contributed by atoms with Gasteiger partial charge in [-0.15, -0.1) is 0 Å². The van der Waals surface area contributed by atoms with E-state index in [0.29, 0.717) is 6.04 Å². The summed E-state index contributed by atoms with van der Waals surface area (Å²) >= 11 is 0. The van der Waals surface area contributed by atoms with E-state index in [1.54, 1.807) is 0 Å².